The molecule has 0 bridgehead atoms. The van der Waals surface area contributed by atoms with Crippen LogP contribution in [0.5, 0.6) is 0 Å². The van der Waals surface area contributed by atoms with Gasteiger partial charge in [0.15, 0.2) is 0 Å². The van der Waals surface area contributed by atoms with E-state index in [1.165, 1.54) is 5.56 Å². The van der Waals surface area contributed by atoms with E-state index in [-0.39, 0.29) is 0 Å². The van der Waals surface area contributed by atoms with Crippen molar-refractivity contribution in [3.63, 3.8) is 0 Å². The summed E-state index contributed by atoms with van der Waals surface area (Å²) in [6.45, 7) is 2.90. The molecule has 0 amide bonds. The molecule has 3 nitrogen and oxygen atoms in total. The van der Waals surface area contributed by atoms with Crippen molar-refractivity contribution in [2.45, 2.75) is 13.3 Å². The zero-order valence-corrected chi connectivity index (χ0v) is 5.89. The number of fused-ring (bicyclic) bond motifs is 1. The van der Waals surface area contributed by atoms with Crippen molar-refractivity contribution in [1.82, 2.24) is 10.2 Å². The second kappa shape index (κ2) is 1.94. The first-order valence-corrected chi connectivity index (χ1v) is 3.41. The molecule has 52 valence electrons. The summed E-state index contributed by atoms with van der Waals surface area (Å²) in [6, 6.07) is 0. The maximum absolute atomic E-state index is 4.17. The van der Waals surface area contributed by atoms with Crippen LogP contribution in [0.1, 0.15) is 17.0 Å². The summed E-state index contributed by atoms with van der Waals surface area (Å²) in [5.74, 6) is 0. The molecule has 0 aliphatic carbocycles. The van der Waals surface area contributed by atoms with Crippen molar-refractivity contribution < 1.29 is 0 Å². The molecule has 3 heteroatoms. The van der Waals surface area contributed by atoms with Gasteiger partial charge in [-0.15, -0.1) is 0 Å². The summed E-state index contributed by atoms with van der Waals surface area (Å²) in [6.07, 6.45) is 2.88. The first kappa shape index (κ1) is 5.65. The number of aliphatic imine (C=N–C) groups is 1. The number of H-pyrrole nitrogens is 1. The van der Waals surface area contributed by atoms with E-state index in [2.05, 4.69) is 15.2 Å². The molecule has 1 aliphatic rings. The lowest BCUT2D eigenvalue weighted by molar-refractivity contribution is 0.890. The van der Waals surface area contributed by atoms with E-state index >= 15 is 0 Å². The molecule has 0 saturated heterocycles. The van der Waals surface area contributed by atoms with E-state index in [1.807, 2.05) is 13.1 Å². The third-order valence-electron chi connectivity index (χ3n) is 1.77. The van der Waals surface area contributed by atoms with Gasteiger partial charge < -0.3 is 0 Å². The lowest BCUT2D eigenvalue weighted by atomic mass is 10.1. The van der Waals surface area contributed by atoms with Gasteiger partial charge in [0.05, 0.1) is 5.69 Å². The number of hydrogen-bond donors (Lipinski definition) is 1. The standard InChI is InChI=1S/C7H9N3/c1-5-6-4-8-3-2-7(6)10-9-5/h4H,2-3H2,1H3,(H,9,10). The Kier molecular flexibility index (Phi) is 1.09. The summed E-state index contributed by atoms with van der Waals surface area (Å²) in [5, 5.41) is 7.08. The quantitative estimate of drug-likeness (QED) is 0.558. The molecular formula is C7H9N3. The summed E-state index contributed by atoms with van der Waals surface area (Å²) < 4.78 is 0. The molecule has 10 heavy (non-hydrogen) atoms. The fraction of sp³-hybridized carbons (Fsp3) is 0.429. The molecule has 1 aromatic rings. The van der Waals surface area contributed by atoms with Crippen molar-refractivity contribution in [2.24, 2.45) is 4.99 Å². The van der Waals surface area contributed by atoms with Crippen LogP contribution < -0.4 is 0 Å². The van der Waals surface area contributed by atoms with Crippen LogP contribution in [-0.2, 0) is 6.42 Å². The molecule has 0 unspecified atom stereocenters. The molecule has 0 spiro atoms. The lowest BCUT2D eigenvalue weighted by Crippen LogP contribution is -2.01. The fourth-order valence-electron chi connectivity index (χ4n) is 1.18. The summed E-state index contributed by atoms with van der Waals surface area (Å²) in [4.78, 5) is 4.17. The van der Waals surface area contributed by atoms with E-state index in [1.54, 1.807) is 0 Å². The third kappa shape index (κ3) is 0.667. The molecule has 0 aromatic carbocycles. The zero-order chi connectivity index (χ0) is 6.97. The Balaban J connectivity index is 2.57. The van der Waals surface area contributed by atoms with Gasteiger partial charge in [0.25, 0.3) is 0 Å². The van der Waals surface area contributed by atoms with Crippen molar-refractivity contribution in [1.29, 1.82) is 0 Å². The van der Waals surface area contributed by atoms with Gasteiger partial charge >= 0.3 is 0 Å². The zero-order valence-electron chi connectivity index (χ0n) is 5.89. The van der Waals surface area contributed by atoms with Gasteiger partial charge in [0.1, 0.15) is 0 Å². The van der Waals surface area contributed by atoms with Gasteiger partial charge in [0.2, 0.25) is 0 Å². The number of aryl methyl sites for hydroxylation is 1. The molecule has 0 radical (unpaired) electrons. The Morgan fingerprint density at radius 3 is 3.30 bits per heavy atom. The van der Waals surface area contributed by atoms with Crippen LogP contribution in [0.4, 0.5) is 0 Å². The third-order valence-corrected chi connectivity index (χ3v) is 1.77. The average molecular weight is 135 g/mol. The molecule has 0 saturated carbocycles. The van der Waals surface area contributed by atoms with E-state index in [4.69, 9.17) is 0 Å². The van der Waals surface area contributed by atoms with E-state index < -0.39 is 0 Å². The number of nitrogens with zero attached hydrogens (tertiary/aromatic N) is 2. The van der Waals surface area contributed by atoms with Crippen molar-refractivity contribution in [3.8, 4) is 0 Å². The van der Waals surface area contributed by atoms with Crippen LogP contribution in [0.15, 0.2) is 4.99 Å². The van der Waals surface area contributed by atoms with Crippen molar-refractivity contribution in [3.05, 3.63) is 17.0 Å². The van der Waals surface area contributed by atoms with Gasteiger partial charge in [-0.2, -0.15) is 5.10 Å². The Hall–Kier alpha value is -1.12. The van der Waals surface area contributed by atoms with Crippen LogP contribution in [0.3, 0.4) is 0 Å². The summed E-state index contributed by atoms with van der Waals surface area (Å²) in [7, 11) is 0. The van der Waals surface area contributed by atoms with Gasteiger partial charge in [-0.1, -0.05) is 0 Å². The maximum Gasteiger partial charge on any atom is 0.0731 e. The fourth-order valence-corrected chi connectivity index (χ4v) is 1.18. The summed E-state index contributed by atoms with van der Waals surface area (Å²) >= 11 is 0. The minimum atomic E-state index is 0.886. The van der Waals surface area contributed by atoms with Gasteiger partial charge in [-0.25, -0.2) is 0 Å². The van der Waals surface area contributed by atoms with E-state index in [0.29, 0.717) is 0 Å². The van der Waals surface area contributed by atoms with E-state index in [0.717, 1.165) is 24.4 Å². The Labute approximate surface area is 59.2 Å². The smallest absolute Gasteiger partial charge is 0.0731 e. The molecule has 0 atom stereocenters. The maximum atomic E-state index is 4.17. The van der Waals surface area contributed by atoms with Crippen LogP contribution in [0.2, 0.25) is 0 Å². The average Bonchev–Trinajstić information content (AvgIpc) is 2.34. The normalized spacial score (nSPS) is 15.3. The number of aromatic nitrogens is 2. The predicted molar refractivity (Wildman–Crippen MR) is 39.5 cm³/mol. The number of nitrogens with one attached hydrogen (secondary N) is 1. The topological polar surface area (TPSA) is 41.0 Å². The van der Waals surface area contributed by atoms with Crippen LogP contribution in [0.25, 0.3) is 0 Å². The highest BCUT2D eigenvalue weighted by molar-refractivity contribution is 5.83. The SMILES string of the molecule is Cc1[nH]nc2c1C=NCC2. The molecule has 2 heterocycles. The number of aromatic amines is 1. The predicted octanol–water partition coefficient (Wildman–Crippen LogP) is 0.693. The molecule has 0 fully saturated rings. The first-order chi connectivity index (χ1) is 4.88. The molecule has 1 aromatic heterocycles. The number of hydrogen-bond acceptors (Lipinski definition) is 2. The van der Waals surface area contributed by atoms with Gasteiger partial charge in [0, 0.05) is 30.4 Å². The van der Waals surface area contributed by atoms with Crippen LogP contribution >= 0.6 is 0 Å². The molecule has 2 rings (SSSR count). The Morgan fingerprint density at radius 2 is 2.50 bits per heavy atom. The first-order valence-electron chi connectivity index (χ1n) is 3.41. The molecule has 1 N–H and O–H groups in total. The van der Waals surface area contributed by atoms with Crippen molar-refractivity contribution >= 4 is 6.21 Å². The Morgan fingerprint density at radius 1 is 1.60 bits per heavy atom. The highest BCUT2D eigenvalue weighted by atomic mass is 15.1. The monoisotopic (exact) mass is 135 g/mol. The minimum Gasteiger partial charge on any atom is -0.292 e. The van der Waals surface area contributed by atoms with Crippen LogP contribution in [-0.4, -0.2) is 23.0 Å². The van der Waals surface area contributed by atoms with Gasteiger partial charge in [-0.05, 0) is 6.92 Å². The lowest BCUT2D eigenvalue weighted by Gasteiger charge is -2.00. The second-order valence-corrected chi connectivity index (χ2v) is 2.49. The summed E-state index contributed by atoms with van der Waals surface area (Å²) in [5.41, 5.74) is 3.47. The molecular weight excluding hydrogens is 126 g/mol. The Bertz CT molecular complexity index is 272. The molecule has 1 aliphatic heterocycles. The van der Waals surface area contributed by atoms with Gasteiger partial charge in [-0.3, -0.25) is 10.1 Å². The van der Waals surface area contributed by atoms with E-state index in [9.17, 15) is 0 Å². The van der Waals surface area contributed by atoms with Crippen molar-refractivity contribution in [2.75, 3.05) is 6.54 Å². The highest BCUT2D eigenvalue weighted by Gasteiger charge is 2.09. The van der Waals surface area contributed by atoms with Crippen LogP contribution in [0, 0.1) is 6.92 Å². The largest absolute Gasteiger partial charge is 0.292 e. The number of rotatable bonds is 0. The minimum absolute atomic E-state index is 0.886. The highest BCUT2D eigenvalue weighted by Crippen LogP contribution is 2.11. The second-order valence-electron chi connectivity index (χ2n) is 2.49.